The Bertz CT molecular complexity index is 1190. The summed E-state index contributed by atoms with van der Waals surface area (Å²) >= 11 is 0. The molecule has 0 aliphatic rings. The van der Waals surface area contributed by atoms with Gasteiger partial charge in [-0.05, 0) is 29.8 Å². The number of nitrogens with two attached hydrogens (primary N) is 1. The zero-order valence-electron chi connectivity index (χ0n) is 14.7. The summed E-state index contributed by atoms with van der Waals surface area (Å²) in [5, 5.41) is 5.63. The van der Waals surface area contributed by atoms with Gasteiger partial charge < -0.3 is 10.5 Å². The Morgan fingerprint density at radius 3 is 2.85 bits per heavy atom. The predicted molar refractivity (Wildman–Crippen MR) is 104 cm³/mol. The van der Waals surface area contributed by atoms with Gasteiger partial charge in [0.25, 0.3) is 5.56 Å². The summed E-state index contributed by atoms with van der Waals surface area (Å²) < 4.78 is 6.68. The van der Waals surface area contributed by atoms with Gasteiger partial charge in [0, 0.05) is 17.1 Å². The molecule has 2 N–H and O–H groups in total. The number of benzene rings is 2. The molecule has 0 unspecified atom stereocenters. The predicted octanol–water partition coefficient (Wildman–Crippen LogP) is 2.49. The van der Waals surface area contributed by atoms with Crippen LogP contribution in [-0.4, -0.2) is 26.9 Å². The molecule has 2 heterocycles. The third kappa shape index (κ3) is 3.35. The minimum absolute atomic E-state index is 0.167. The molecular formula is C20H17N5O2. The molecule has 2 aromatic heterocycles. The van der Waals surface area contributed by atoms with Crippen molar-refractivity contribution in [1.82, 2.24) is 19.7 Å². The van der Waals surface area contributed by atoms with E-state index in [0.29, 0.717) is 17.6 Å². The zero-order valence-corrected chi connectivity index (χ0v) is 14.7. The smallest absolute Gasteiger partial charge is 0.274 e. The van der Waals surface area contributed by atoms with Crippen LogP contribution in [0.25, 0.3) is 22.0 Å². The molecule has 0 fully saturated rings. The molecule has 7 nitrogen and oxygen atoms in total. The molecule has 0 spiro atoms. The molecule has 2 aromatic carbocycles. The maximum absolute atomic E-state index is 12.9. The fourth-order valence-electron chi connectivity index (χ4n) is 2.93. The Hall–Kier alpha value is -3.74. The van der Waals surface area contributed by atoms with Crippen molar-refractivity contribution in [2.45, 2.75) is 6.54 Å². The maximum atomic E-state index is 12.9. The van der Waals surface area contributed by atoms with Crippen LogP contribution in [0.3, 0.4) is 0 Å². The molecule has 0 aliphatic carbocycles. The summed E-state index contributed by atoms with van der Waals surface area (Å²) in [6.45, 7) is 0.358. The first kappa shape index (κ1) is 16.7. The Balaban J connectivity index is 1.77. The highest BCUT2D eigenvalue weighted by Crippen LogP contribution is 2.21. The average molecular weight is 359 g/mol. The normalized spacial score (nSPS) is 10.9. The fourth-order valence-corrected chi connectivity index (χ4v) is 2.93. The molecule has 7 heteroatoms. The summed E-state index contributed by atoms with van der Waals surface area (Å²) in [6, 6.07) is 14.9. The number of methoxy groups -OCH3 is 1. The van der Waals surface area contributed by atoms with Crippen molar-refractivity contribution < 1.29 is 4.74 Å². The number of ether oxygens (including phenoxy) is 1. The molecule has 134 valence electrons. The zero-order chi connectivity index (χ0) is 18.8. The van der Waals surface area contributed by atoms with Gasteiger partial charge >= 0.3 is 0 Å². The lowest BCUT2D eigenvalue weighted by atomic mass is 10.1. The van der Waals surface area contributed by atoms with Gasteiger partial charge in [0.15, 0.2) is 0 Å². The van der Waals surface area contributed by atoms with Gasteiger partial charge in [0.05, 0.1) is 30.9 Å². The molecule has 0 amide bonds. The summed E-state index contributed by atoms with van der Waals surface area (Å²) in [5.74, 6) is 0.933. The average Bonchev–Trinajstić information content (AvgIpc) is 2.70. The van der Waals surface area contributed by atoms with Gasteiger partial charge in [0.2, 0.25) is 5.95 Å². The highest BCUT2D eigenvalue weighted by Gasteiger charge is 2.08. The number of hydrogen-bond donors (Lipinski definition) is 1. The molecule has 0 aliphatic heterocycles. The monoisotopic (exact) mass is 359 g/mol. The van der Waals surface area contributed by atoms with Gasteiger partial charge in [-0.1, -0.05) is 24.3 Å². The first-order chi connectivity index (χ1) is 13.1. The van der Waals surface area contributed by atoms with E-state index < -0.39 is 0 Å². The van der Waals surface area contributed by atoms with Gasteiger partial charge in [0.1, 0.15) is 5.75 Å². The van der Waals surface area contributed by atoms with E-state index in [-0.39, 0.29) is 11.5 Å². The van der Waals surface area contributed by atoms with Crippen LogP contribution in [0.5, 0.6) is 5.75 Å². The fraction of sp³-hybridized carbons (Fsp3) is 0.100. The van der Waals surface area contributed by atoms with Crippen molar-refractivity contribution in [3.05, 3.63) is 76.8 Å². The SMILES string of the molecule is COc1cccc(Cn2ncc3ccc(-c4ccnc(N)n4)cc3c2=O)c1. The Kier molecular flexibility index (Phi) is 4.25. The van der Waals surface area contributed by atoms with E-state index in [0.717, 1.165) is 22.3 Å². The third-order valence-corrected chi connectivity index (χ3v) is 4.29. The first-order valence-electron chi connectivity index (χ1n) is 8.36. The second-order valence-electron chi connectivity index (χ2n) is 6.06. The van der Waals surface area contributed by atoms with Crippen LogP contribution in [0.2, 0.25) is 0 Å². The van der Waals surface area contributed by atoms with Gasteiger partial charge in [-0.25, -0.2) is 14.6 Å². The Labute approximate surface area is 155 Å². The topological polar surface area (TPSA) is 95.9 Å². The quantitative estimate of drug-likeness (QED) is 0.601. The Morgan fingerprint density at radius 1 is 1.15 bits per heavy atom. The molecule has 0 saturated carbocycles. The summed E-state index contributed by atoms with van der Waals surface area (Å²) in [4.78, 5) is 21.1. The number of hydrogen-bond acceptors (Lipinski definition) is 6. The van der Waals surface area contributed by atoms with Crippen LogP contribution in [0.15, 0.2) is 65.7 Å². The highest BCUT2D eigenvalue weighted by molar-refractivity contribution is 5.85. The third-order valence-electron chi connectivity index (χ3n) is 4.29. The number of nitrogen functional groups attached to an aromatic ring is 1. The van der Waals surface area contributed by atoms with E-state index in [2.05, 4.69) is 15.1 Å². The van der Waals surface area contributed by atoms with E-state index in [9.17, 15) is 4.79 Å². The lowest BCUT2D eigenvalue weighted by molar-refractivity contribution is 0.414. The summed E-state index contributed by atoms with van der Waals surface area (Å²) in [6.07, 6.45) is 3.28. The number of fused-ring (bicyclic) bond motifs is 1. The molecule has 4 aromatic rings. The van der Waals surface area contributed by atoms with E-state index in [1.54, 1.807) is 25.6 Å². The summed E-state index contributed by atoms with van der Waals surface area (Å²) in [7, 11) is 1.61. The number of rotatable bonds is 4. The molecule has 0 radical (unpaired) electrons. The van der Waals surface area contributed by atoms with Crippen molar-refractivity contribution in [3.8, 4) is 17.0 Å². The van der Waals surface area contributed by atoms with Gasteiger partial charge in [-0.15, -0.1) is 0 Å². The minimum Gasteiger partial charge on any atom is -0.497 e. The lowest BCUT2D eigenvalue weighted by Crippen LogP contribution is -2.23. The molecular weight excluding hydrogens is 342 g/mol. The van der Waals surface area contributed by atoms with Crippen LogP contribution >= 0.6 is 0 Å². The van der Waals surface area contributed by atoms with Crippen LogP contribution in [0.4, 0.5) is 5.95 Å². The van der Waals surface area contributed by atoms with Crippen molar-refractivity contribution in [3.63, 3.8) is 0 Å². The first-order valence-corrected chi connectivity index (χ1v) is 8.36. The maximum Gasteiger partial charge on any atom is 0.274 e. The lowest BCUT2D eigenvalue weighted by Gasteiger charge is -2.09. The van der Waals surface area contributed by atoms with E-state index in [1.165, 1.54) is 4.68 Å². The van der Waals surface area contributed by atoms with Gasteiger partial charge in [-0.3, -0.25) is 4.79 Å². The number of anilines is 1. The summed E-state index contributed by atoms with van der Waals surface area (Å²) in [5.41, 5.74) is 7.90. The molecule has 4 rings (SSSR count). The second-order valence-corrected chi connectivity index (χ2v) is 6.06. The number of nitrogens with zero attached hydrogens (tertiary/aromatic N) is 4. The van der Waals surface area contributed by atoms with E-state index in [1.807, 2.05) is 42.5 Å². The van der Waals surface area contributed by atoms with Crippen LogP contribution < -0.4 is 16.0 Å². The minimum atomic E-state index is -0.167. The van der Waals surface area contributed by atoms with Crippen LogP contribution in [0.1, 0.15) is 5.56 Å². The second kappa shape index (κ2) is 6.87. The molecule has 27 heavy (non-hydrogen) atoms. The Morgan fingerprint density at radius 2 is 2.04 bits per heavy atom. The van der Waals surface area contributed by atoms with Crippen LogP contribution in [0, 0.1) is 0 Å². The molecule has 0 bridgehead atoms. The largest absolute Gasteiger partial charge is 0.497 e. The molecule has 0 atom stereocenters. The van der Waals surface area contributed by atoms with Gasteiger partial charge in [-0.2, -0.15) is 5.10 Å². The number of aromatic nitrogens is 4. The highest BCUT2D eigenvalue weighted by atomic mass is 16.5. The van der Waals surface area contributed by atoms with Crippen molar-refractivity contribution >= 4 is 16.7 Å². The standard InChI is InChI=1S/C20H17N5O2/c1-27-16-4-2-3-13(9-16)12-25-19(26)17-10-14(5-6-15(17)11-23-25)18-7-8-22-20(21)24-18/h2-11H,12H2,1H3,(H2,21,22,24). The van der Waals surface area contributed by atoms with Crippen LogP contribution in [-0.2, 0) is 6.54 Å². The van der Waals surface area contributed by atoms with Crippen molar-refractivity contribution in [2.24, 2.45) is 0 Å². The van der Waals surface area contributed by atoms with Crippen molar-refractivity contribution in [2.75, 3.05) is 12.8 Å². The van der Waals surface area contributed by atoms with E-state index in [4.69, 9.17) is 10.5 Å². The van der Waals surface area contributed by atoms with E-state index >= 15 is 0 Å². The molecule has 0 saturated heterocycles. The van der Waals surface area contributed by atoms with Crippen molar-refractivity contribution in [1.29, 1.82) is 0 Å².